The lowest BCUT2D eigenvalue weighted by atomic mass is 9.97. The number of rotatable bonds is 5. The number of piperidine rings is 1. The summed E-state index contributed by atoms with van der Waals surface area (Å²) in [5.74, 6) is -0.303. The number of nitrogens with zero attached hydrogens (tertiary/aromatic N) is 1. The van der Waals surface area contributed by atoms with Gasteiger partial charge >= 0.3 is 12.0 Å². The molecule has 1 fully saturated rings. The average Bonchev–Trinajstić information content (AvgIpc) is 2.93. The zero-order valence-electron chi connectivity index (χ0n) is 12.1. The zero-order chi connectivity index (χ0) is 15.2. The van der Waals surface area contributed by atoms with E-state index in [0.717, 1.165) is 25.9 Å². The molecule has 116 valence electrons. The quantitative estimate of drug-likeness (QED) is 0.756. The molecule has 3 N–H and O–H groups in total. The molecule has 1 aliphatic heterocycles. The Morgan fingerprint density at radius 1 is 1.33 bits per heavy atom. The van der Waals surface area contributed by atoms with Crippen LogP contribution in [0.5, 0.6) is 0 Å². The summed E-state index contributed by atoms with van der Waals surface area (Å²) in [6, 6.07) is 2.65. The van der Waals surface area contributed by atoms with Gasteiger partial charge in [-0.05, 0) is 51.0 Å². The van der Waals surface area contributed by atoms with Crippen molar-refractivity contribution >= 4 is 12.0 Å². The van der Waals surface area contributed by atoms with E-state index < -0.39 is 5.97 Å². The van der Waals surface area contributed by atoms with Crippen molar-refractivity contribution < 1.29 is 19.1 Å². The highest BCUT2D eigenvalue weighted by Crippen LogP contribution is 2.14. The molecule has 0 unspecified atom stereocenters. The number of hydrogen-bond acceptors (Lipinski definition) is 4. The summed E-state index contributed by atoms with van der Waals surface area (Å²) >= 11 is 0. The molecule has 0 aromatic carbocycles. The molecule has 21 heavy (non-hydrogen) atoms. The van der Waals surface area contributed by atoms with E-state index in [9.17, 15) is 9.59 Å². The molecule has 0 bridgehead atoms. The lowest BCUT2D eigenvalue weighted by Crippen LogP contribution is -2.40. The highest BCUT2D eigenvalue weighted by Gasteiger charge is 2.17. The number of likely N-dealkylation sites (tertiary alicyclic amines) is 1. The van der Waals surface area contributed by atoms with Crippen LogP contribution in [0.15, 0.2) is 16.5 Å². The van der Waals surface area contributed by atoms with Gasteiger partial charge in [-0.2, -0.15) is 0 Å². The SMILES string of the molecule is CN1CCC(CNC(=O)NCc2ccc(C(=O)O)o2)CC1. The fourth-order valence-corrected chi connectivity index (χ4v) is 2.32. The van der Waals surface area contributed by atoms with Crippen LogP contribution in [0.2, 0.25) is 0 Å². The molecule has 2 rings (SSSR count). The Labute approximate surface area is 123 Å². The highest BCUT2D eigenvalue weighted by atomic mass is 16.4. The molecule has 0 atom stereocenters. The number of carbonyl (C=O) groups is 2. The molecule has 7 heteroatoms. The van der Waals surface area contributed by atoms with E-state index in [-0.39, 0.29) is 18.3 Å². The number of nitrogens with one attached hydrogen (secondary N) is 2. The maximum Gasteiger partial charge on any atom is 0.371 e. The van der Waals surface area contributed by atoms with E-state index >= 15 is 0 Å². The monoisotopic (exact) mass is 295 g/mol. The van der Waals surface area contributed by atoms with Gasteiger partial charge in [-0.1, -0.05) is 0 Å². The summed E-state index contributed by atoms with van der Waals surface area (Å²) in [6.45, 7) is 2.97. The smallest absolute Gasteiger partial charge is 0.371 e. The lowest BCUT2D eigenvalue weighted by Gasteiger charge is -2.28. The third-order valence-corrected chi connectivity index (χ3v) is 3.69. The first-order chi connectivity index (χ1) is 10.0. The van der Waals surface area contributed by atoms with Crippen molar-refractivity contribution in [2.75, 3.05) is 26.7 Å². The van der Waals surface area contributed by atoms with E-state index in [1.165, 1.54) is 6.07 Å². The Bertz CT molecular complexity index is 492. The Kier molecular flexibility index (Phi) is 5.21. The van der Waals surface area contributed by atoms with Crippen LogP contribution in [0.3, 0.4) is 0 Å². The van der Waals surface area contributed by atoms with Crippen LogP contribution in [0, 0.1) is 5.92 Å². The number of aromatic carboxylic acids is 1. The van der Waals surface area contributed by atoms with Gasteiger partial charge in [0.05, 0.1) is 6.54 Å². The number of carbonyl (C=O) groups excluding carboxylic acids is 1. The molecule has 0 spiro atoms. The summed E-state index contributed by atoms with van der Waals surface area (Å²) in [4.78, 5) is 24.6. The topological polar surface area (TPSA) is 94.8 Å². The van der Waals surface area contributed by atoms with Gasteiger partial charge in [-0.15, -0.1) is 0 Å². The van der Waals surface area contributed by atoms with Crippen LogP contribution in [0.25, 0.3) is 0 Å². The summed E-state index contributed by atoms with van der Waals surface area (Å²) in [6.07, 6.45) is 2.19. The van der Waals surface area contributed by atoms with E-state index in [4.69, 9.17) is 9.52 Å². The lowest BCUT2D eigenvalue weighted by molar-refractivity contribution is 0.0660. The highest BCUT2D eigenvalue weighted by molar-refractivity contribution is 5.84. The molecular formula is C14H21N3O4. The van der Waals surface area contributed by atoms with Crippen molar-refractivity contribution in [3.05, 3.63) is 23.7 Å². The molecule has 1 aliphatic rings. The third-order valence-electron chi connectivity index (χ3n) is 3.69. The van der Waals surface area contributed by atoms with Gasteiger partial charge in [0.1, 0.15) is 5.76 Å². The predicted octanol–water partition coefficient (Wildman–Crippen LogP) is 1.12. The largest absolute Gasteiger partial charge is 0.475 e. The van der Waals surface area contributed by atoms with Crippen molar-refractivity contribution in [3.8, 4) is 0 Å². The molecule has 1 aromatic rings. The fourth-order valence-electron chi connectivity index (χ4n) is 2.32. The Morgan fingerprint density at radius 2 is 2.05 bits per heavy atom. The first kappa shape index (κ1) is 15.4. The van der Waals surface area contributed by atoms with Crippen LogP contribution >= 0.6 is 0 Å². The van der Waals surface area contributed by atoms with Crippen LogP contribution in [-0.2, 0) is 6.54 Å². The maximum absolute atomic E-state index is 11.7. The summed E-state index contributed by atoms with van der Waals surface area (Å²) < 4.78 is 5.05. The van der Waals surface area contributed by atoms with Gasteiger partial charge in [-0.25, -0.2) is 9.59 Å². The second-order valence-corrected chi connectivity index (χ2v) is 5.38. The van der Waals surface area contributed by atoms with Crippen LogP contribution < -0.4 is 10.6 Å². The average molecular weight is 295 g/mol. The third kappa shape index (κ3) is 4.78. The van der Waals surface area contributed by atoms with Gasteiger partial charge in [0.25, 0.3) is 0 Å². The van der Waals surface area contributed by atoms with Crippen molar-refractivity contribution in [2.45, 2.75) is 19.4 Å². The van der Waals surface area contributed by atoms with Crippen molar-refractivity contribution in [1.29, 1.82) is 0 Å². The first-order valence-electron chi connectivity index (χ1n) is 7.07. The number of amides is 2. The van der Waals surface area contributed by atoms with Crippen LogP contribution in [0.4, 0.5) is 4.79 Å². The second-order valence-electron chi connectivity index (χ2n) is 5.38. The van der Waals surface area contributed by atoms with Gasteiger partial charge in [-0.3, -0.25) is 0 Å². The number of furan rings is 1. The van der Waals surface area contributed by atoms with Crippen molar-refractivity contribution in [1.82, 2.24) is 15.5 Å². The molecule has 7 nitrogen and oxygen atoms in total. The van der Waals surface area contributed by atoms with E-state index in [1.807, 2.05) is 0 Å². The number of carboxylic acid groups (broad SMARTS) is 1. The van der Waals surface area contributed by atoms with Crippen LogP contribution in [0.1, 0.15) is 29.2 Å². The van der Waals surface area contributed by atoms with Gasteiger partial charge in [0.15, 0.2) is 0 Å². The standard InChI is InChI=1S/C14H21N3O4/c1-17-6-4-10(5-7-17)8-15-14(20)16-9-11-2-3-12(21-11)13(18)19/h2-3,10H,4-9H2,1H3,(H,18,19)(H2,15,16,20). The summed E-state index contributed by atoms with van der Waals surface area (Å²) in [5.41, 5.74) is 0. The van der Waals surface area contributed by atoms with Crippen molar-refractivity contribution in [2.24, 2.45) is 5.92 Å². The summed E-state index contributed by atoms with van der Waals surface area (Å²) in [7, 11) is 2.10. The number of urea groups is 1. The van der Waals surface area contributed by atoms with Crippen molar-refractivity contribution in [3.63, 3.8) is 0 Å². The second kappa shape index (κ2) is 7.12. The van der Waals surface area contributed by atoms with Crippen LogP contribution in [-0.4, -0.2) is 48.7 Å². The summed E-state index contributed by atoms with van der Waals surface area (Å²) in [5, 5.41) is 14.2. The first-order valence-corrected chi connectivity index (χ1v) is 7.07. The minimum atomic E-state index is -1.12. The molecule has 0 radical (unpaired) electrons. The Morgan fingerprint density at radius 3 is 2.67 bits per heavy atom. The van der Waals surface area contributed by atoms with E-state index in [0.29, 0.717) is 18.2 Å². The Hall–Kier alpha value is -2.02. The van der Waals surface area contributed by atoms with Gasteiger partial charge in [0, 0.05) is 6.54 Å². The molecule has 1 aromatic heterocycles. The van der Waals surface area contributed by atoms with E-state index in [1.54, 1.807) is 6.07 Å². The minimum absolute atomic E-state index is 0.126. The zero-order valence-corrected chi connectivity index (χ0v) is 12.1. The van der Waals surface area contributed by atoms with E-state index in [2.05, 4.69) is 22.6 Å². The Balaban J connectivity index is 1.66. The molecule has 2 heterocycles. The maximum atomic E-state index is 11.7. The molecule has 0 saturated carbocycles. The molecule has 2 amide bonds. The van der Waals surface area contributed by atoms with Gasteiger partial charge in [0.2, 0.25) is 5.76 Å². The van der Waals surface area contributed by atoms with Gasteiger partial charge < -0.3 is 25.1 Å². The molecule has 0 aliphatic carbocycles. The predicted molar refractivity (Wildman–Crippen MR) is 76.1 cm³/mol. The number of hydrogen-bond donors (Lipinski definition) is 3. The fraction of sp³-hybridized carbons (Fsp3) is 0.571. The normalized spacial score (nSPS) is 16.6. The number of carboxylic acids is 1. The molecule has 1 saturated heterocycles. The minimum Gasteiger partial charge on any atom is -0.475 e. The molecular weight excluding hydrogens is 274 g/mol.